The monoisotopic (exact) mass is 523 g/mol. The summed E-state index contributed by atoms with van der Waals surface area (Å²) < 4.78 is 16.3. The molecule has 0 saturated carbocycles. The van der Waals surface area contributed by atoms with Crippen LogP contribution in [0.1, 0.15) is 66.2 Å². The average Bonchev–Trinajstić information content (AvgIpc) is 3.60. The molecule has 0 bridgehead atoms. The number of aryl methyl sites for hydroxylation is 1. The van der Waals surface area contributed by atoms with Crippen molar-refractivity contribution in [3.8, 4) is 0 Å². The second-order valence-corrected chi connectivity index (χ2v) is 10.1. The van der Waals surface area contributed by atoms with E-state index in [1.807, 2.05) is 47.5 Å². The van der Waals surface area contributed by atoms with Gasteiger partial charge in [0.15, 0.2) is 0 Å². The third-order valence-corrected chi connectivity index (χ3v) is 7.43. The van der Waals surface area contributed by atoms with Crippen LogP contribution in [0.2, 0.25) is 0 Å². The summed E-state index contributed by atoms with van der Waals surface area (Å²) >= 11 is 0. The van der Waals surface area contributed by atoms with Gasteiger partial charge in [-0.25, -0.2) is 14.4 Å². The molecule has 0 spiro atoms. The molecule has 0 aliphatic carbocycles. The zero-order valence-electron chi connectivity index (χ0n) is 22.6. The van der Waals surface area contributed by atoms with Gasteiger partial charge in [-0.3, -0.25) is 4.79 Å². The standard InChI is InChI=1S/C32H34FN5O/c1-4-22(3)30(38(20-27-18-34-21-35-27)32(39)25-11-7-6-8-12-25)31-36-28-17-23(5-2)14-15-29(28)37(31)19-24-10-9-13-26(33)16-24/h6-18,21-22,30H,4-5,19-20H2,1-3H3,(H,34,35)/t22?,30-/m1/s1. The molecule has 3 aromatic carbocycles. The molecule has 5 aromatic rings. The van der Waals surface area contributed by atoms with Gasteiger partial charge < -0.3 is 14.5 Å². The minimum Gasteiger partial charge on any atom is -0.351 e. The summed E-state index contributed by atoms with van der Waals surface area (Å²) in [4.78, 5) is 28.7. The van der Waals surface area contributed by atoms with Crippen molar-refractivity contribution in [3.05, 3.63) is 119 Å². The number of nitrogens with zero attached hydrogens (tertiary/aromatic N) is 4. The smallest absolute Gasteiger partial charge is 0.254 e. The summed E-state index contributed by atoms with van der Waals surface area (Å²) in [6, 6.07) is 22.0. The van der Waals surface area contributed by atoms with Crippen molar-refractivity contribution in [1.82, 2.24) is 24.4 Å². The number of hydrogen-bond acceptors (Lipinski definition) is 3. The molecule has 1 amide bonds. The average molecular weight is 524 g/mol. The highest BCUT2D eigenvalue weighted by Gasteiger charge is 2.34. The van der Waals surface area contributed by atoms with Gasteiger partial charge in [-0.05, 0) is 59.9 Å². The van der Waals surface area contributed by atoms with Crippen LogP contribution in [-0.4, -0.2) is 30.3 Å². The Bertz CT molecular complexity index is 1540. The Kier molecular flexibility index (Phi) is 7.87. The zero-order chi connectivity index (χ0) is 27.4. The highest BCUT2D eigenvalue weighted by molar-refractivity contribution is 5.94. The summed E-state index contributed by atoms with van der Waals surface area (Å²) in [5, 5.41) is 0. The highest BCUT2D eigenvalue weighted by atomic mass is 19.1. The second kappa shape index (κ2) is 11.6. The second-order valence-electron chi connectivity index (χ2n) is 10.1. The third-order valence-electron chi connectivity index (χ3n) is 7.43. The lowest BCUT2D eigenvalue weighted by Gasteiger charge is -2.35. The Morgan fingerprint density at radius 1 is 1.03 bits per heavy atom. The third kappa shape index (κ3) is 5.62. The van der Waals surface area contributed by atoms with Crippen LogP contribution in [0.4, 0.5) is 4.39 Å². The SMILES string of the molecule is CCc1ccc2c(c1)nc([C@@H](C(C)CC)N(Cc1c[nH]cn1)C(=O)c1ccccc1)n2Cc1cccc(F)c1. The maximum atomic E-state index is 14.2. The summed E-state index contributed by atoms with van der Waals surface area (Å²) in [5.41, 5.74) is 5.26. The molecular formula is C32H34FN5O. The summed E-state index contributed by atoms with van der Waals surface area (Å²) in [5.74, 6) is 0.522. The molecule has 6 nitrogen and oxygen atoms in total. The first-order valence-electron chi connectivity index (χ1n) is 13.6. The van der Waals surface area contributed by atoms with Gasteiger partial charge >= 0.3 is 0 Å². The van der Waals surface area contributed by atoms with Crippen molar-refractivity contribution >= 4 is 16.9 Å². The van der Waals surface area contributed by atoms with Gasteiger partial charge in [0.25, 0.3) is 5.91 Å². The molecule has 39 heavy (non-hydrogen) atoms. The number of H-pyrrole nitrogens is 1. The number of halogens is 1. The van der Waals surface area contributed by atoms with Crippen LogP contribution in [0.25, 0.3) is 11.0 Å². The molecule has 0 aliphatic rings. The van der Waals surface area contributed by atoms with E-state index < -0.39 is 0 Å². The molecule has 0 radical (unpaired) electrons. The molecule has 5 rings (SSSR count). The summed E-state index contributed by atoms with van der Waals surface area (Å²) in [6.45, 7) is 7.18. The van der Waals surface area contributed by atoms with Crippen molar-refractivity contribution < 1.29 is 9.18 Å². The minimum absolute atomic E-state index is 0.0810. The Hall–Kier alpha value is -4.26. The van der Waals surface area contributed by atoms with E-state index in [1.165, 1.54) is 11.6 Å². The fourth-order valence-corrected chi connectivity index (χ4v) is 5.14. The van der Waals surface area contributed by atoms with Crippen LogP contribution in [0, 0.1) is 11.7 Å². The predicted molar refractivity (Wildman–Crippen MR) is 152 cm³/mol. The van der Waals surface area contributed by atoms with E-state index in [2.05, 4.69) is 53.5 Å². The molecule has 1 N–H and O–H groups in total. The van der Waals surface area contributed by atoms with E-state index >= 15 is 0 Å². The molecule has 2 aromatic heterocycles. The van der Waals surface area contributed by atoms with Gasteiger partial charge in [0, 0.05) is 18.3 Å². The van der Waals surface area contributed by atoms with Crippen LogP contribution in [0.5, 0.6) is 0 Å². The quantitative estimate of drug-likeness (QED) is 0.216. The van der Waals surface area contributed by atoms with Crippen LogP contribution < -0.4 is 0 Å². The number of aromatic nitrogens is 4. The lowest BCUT2D eigenvalue weighted by Crippen LogP contribution is -2.39. The summed E-state index contributed by atoms with van der Waals surface area (Å²) in [6.07, 6.45) is 5.19. The topological polar surface area (TPSA) is 66.8 Å². The van der Waals surface area contributed by atoms with Crippen LogP contribution in [0.3, 0.4) is 0 Å². The molecule has 7 heteroatoms. The predicted octanol–water partition coefficient (Wildman–Crippen LogP) is 6.94. The fraction of sp³-hybridized carbons (Fsp3) is 0.281. The van der Waals surface area contributed by atoms with Crippen LogP contribution >= 0.6 is 0 Å². The molecule has 2 atom stereocenters. The fourth-order valence-electron chi connectivity index (χ4n) is 5.14. The van der Waals surface area contributed by atoms with E-state index in [-0.39, 0.29) is 23.7 Å². The molecule has 0 saturated heterocycles. The molecule has 0 fully saturated rings. The number of amides is 1. The molecule has 200 valence electrons. The van der Waals surface area contributed by atoms with Crippen molar-refractivity contribution in [3.63, 3.8) is 0 Å². The molecule has 0 aliphatic heterocycles. The minimum atomic E-state index is -0.342. The van der Waals surface area contributed by atoms with Gasteiger partial charge in [-0.1, -0.05) is 63.6 Å². The Labute approximate surface area is 228 Å². The number of hydrogen-bond donors (Lipinski definition) is 1. The van der Waals surface area contributed by atoms with Gasteiger partial charge in [0.2, 0.25) is 0 Å². The van der Waals surface area contributed by atoms with E-state index in [0.717, 1.165) is 41.0 Å². The maximum Gasteiger partial charge on any atom is 0.254 e. The molecule has 1 unspecified atom stereocenters. The number of fused-ring (bicyclic) bond motifs is 1. The Morgan fingerprint density at radius 2 is 1.85 bits per heavy atom. The number of aromatic amines is 1. The summed E-state index contributed by atoms with van der Waals surface area (Å²) in [7, 11) is 0. The number of carbonyl (C=O) groups is 1. The maximum absolute atomic E-state index is 14.2. The van der Waals surface area contributed by atoms with E-state index in [1.54, 1.807) is 18.5 Å². The van der Waals surface area contributed by atoms with Crippen LogP contribution in [0.15, 0.2) is 85.3 Å². The van der Waals surface area contributed by atoms with E-state index in [9.17, 15) is 9.18 Å². The van der Waals surface area contributed by atoms with Crippen molar-refractivity contribution in [2.24, 2.45) is 5.92 Å². The number of carbonyl (C=O) groups excluding carboxylic acids is 1. The van der Waals surface area contributed by atoms with E-state index in [0.29, 0.717) is 18.7 Å². The normalized spacial score (nSPS) is 12.9. The number of benzene rings is 3. The number of nitrogens with one attached hydrogen (secondary N) is 1. The first-order valence-corrected chi connectivity index (χ1v) is 13.6. The number of rotatable bonds is 10. The lowest BCUT2D eigenvalue weighted by atomic mass is 9.95. The van der Waals surface area contributed by atoms with Crippen LogP contribution in [-0.2, 0) is 19.5 Å². The highest BCUT2D eigenvalue weighted by Crippen LogP contribution is 2.35. The van der Waals surface area contributed by atoms with E-state index in [4.69, 9.17) is 4.98 Å². The first-order chi connectivity index (χ1) is 19.0. The lowest BCUT2D eigenvalue weighted by molar-refractivity contribution is 0.0566. The van der Waals surface area contributed by atoms with Crippen molar-refractivity contribution in [2.45, 2.75) is 52.7 Å². The van der Waals surface area contributed by atoms with Gasteiger partial charge in [-0.15, -0.1) is 0 Å². The van der Waals surface area contributed by atoms with Crippen molar-refractivity contribution in [1.29, 1.82) is 0 Å². The Morgan fingerprint density at radius 3 is 2.54 bits per heavy atom. The largest absolute Gasteiger partial charge is 0.351 e. The molecular weight excluding hydrogens is 489 g/mol. The van der Waals surface area contributed by atoms with Gasteiger partial charge in [-0.2, -0.15) is 0 Å². The zero-order valence-corrected chi connectivity index (χ0v) is 22.6. The molecule has 2 heterocycles. The number of imidazole rings is 2. The van der Waals surface area contributed by atoms with Gasteiger partial charge in [0.05, 0.1) is 35.6 Å². The first kappa shape index (κ1) is 26.4. The Balaban J connectivity index is 1.70. The van der Waals surface area contributed by atoms with Gasteiger partial charge in [0.1, 0.15) is 11.6 Å². The van der Waals surface area contributed by atoms with Crippen molar-refractivity contribution in [2.75, 3.05) is 0 Å².